The van der Waals surface area contributed by atoms with Crippen LogP contribution in [-0.2, 0) is 11.2 Å². The van der Waals surface area contributed by atoms with Crippen molar-refractivity contribution < 1.29 is 4.74 Å². The van der Waals surface area contributed by atoms with Gasteiger partial charge in [0.05, 0.1) is 13.2 Å². The maximum absolute atomic E-state index is 5.82. The highest BCUT2D eigenvalue weighted by atomic mass is 35.5. The van der Waals surface area contributed by atoms with E-state index in [0.717, 1.165) is 18.0 Å². The third-order valence-electron chi connectivity index (χ3n) is 2.32. The molecule has 0 heterocycles. The summed E-state index contributed by atoms with van der Waals surface area (Å²) >= 11 is 5.82. The Labute approximate surface area is 112 Å². The molecule has 0 atom stereocenters. The molecule has 0 amide bonds. The Hall–Kier alpha value is -1.30. The predicted octanol–water partition coefficient (Wildman–Crippen LogP) is 0.938. The van der Waals surface area contributed by atoms with Gasteiger partial charge in [-0.2, -0.15) is 0 Å². The average molecular weight is 271 g/mol. The molecule has 1 rings (SSSR count). The molecule has 0 aromatic heterocycles. The molecule has 1 aromatic rings. The number of methoxy groups -OCH3 is 1. The lowest BCUT2D eigenvalue weighted by molar-refractivity contribution is 0.208. The normalized spacial score (nSPS) is 11.4. The molecule has 100 valence electrons. The van der Waals surface area contributed by atoms with Crippen LogP contribution in [0.25, 0.3) is 0 Å². The lowest BCUT2D eigenvalue weighted by atomic mass is 10.1. The van der Waals surface area contributed by atoms with Gasteiger partial charge in [-0.15, -0.1) is 0 Å². The van der Waals surface area contributed by atoms with Crippen molar-refractivity contribution in [2.45, 2.75) is 6.42 Å². The highest BCUT2D eigenvalue weighted by molar-refractivity contribution is 6.30. The van der Waals surface area contributed by atoms with Crippen LogP contribution in [0.3, 0.4) is 0 Å². The minimum absolute atomic E-state index is 0.570. The Morgan fingerprint density at radius 2 is 2.11 bits per heavy atom. The number of nitrogens with two attached hydrogens (primary N) is 1. The van der Waals surface area contributed by atoms with E-state index in [0.29, 0.717) is 19.1 Å². The standard InChI is InChI=1S/C12H19ClN4O/c1-18-9-8-16-12(17-14)15-7-6-10-2-4-11(13)5-3-10/h2-5H,6-9,14H2,1H3,(H2,15,16,17). The van der Waals surface area contributed by atoms with Crippen molar-refractivity contribution in [1.82, 2.24) is 10.7 Å². The van der Waals surface area contributed by atoms with Gasteiger partial charge in [0, 0.05) is 18.7 Å². The number of ether oxygens (including phenoxy) is 1. The first kappa shape index (κ1) is 14.8. The molecule has 5 nitrogen and oxygen atoms in total. The molecule has 0 bridgehead atoms. The second-order valence-electron chi connectivity index (χ2n) is 3.67. The molecule has 0 saturated carbocycles. The number of hydrazine groups is 1. The van der Waals surface area contributed by atoms with Crippen LogP contribution >= 0.6 is 11.6 Å². The Morgan fingerprint density at radius 3 is 2.72 bits per heavy atom. The maximum Gasteiger partial charge on any atom is 0.205 e. The first-order valence-corrected chi connectivity index (χ1v) is 6.12. The Balaban J connectivity index is 2.30. The van der Waals surface area contributed by atoms with Crippen molar-refractivity contribution in [3.05, 3.63) is 34.9 Å². The molecule has 0 unspecified atom stereocenters. The van der Waals surface area contributed by atoms with E-state index in [-0.39, 0.29) is 0 Å². The second kappa shape index (κ2) is 8.74. The monoisotopic (exact) mass is 270 g/mol. The summed E-state index contributed by atoms with van der Waals surface area (Å²) in [5.74, 6) is 5.92. The van der Waals surface area contributed by atoms with Crippen molar-refractivity contribution in [2.24, 2.45) is 10.8 Å². The van der Waals surface area contributed by atoms with Gasteiger partial charge in [0.1, 0.15) is 0 Å². The highest BCUT2D eigenvalue weighted by Gasteiger charge is 1.96. The van der Waals surface area contributed by atoms with Gasteiger partial charge in [0.25, 0.3) is 0 Å². The fourth-order valence-electron chi connectivity index (χ4n) is 1.38. The number of rotatable bonds is 6. The second-order valence-corrected chi connectivity index (χ2v) is 4.11. The summed E-state index contributed by atoms with van der Waals surface area (Å²) in [6.45, 7) is 1.89. The molecule has 0 saturated heterocycles. The Kier molecular flexibility index (Phi) is 7.17. The van der Waals surface area contributed by atoms with E-state index in [1.807, 2.05) is 24.3 Å². The van der Waals surface area contributed by atoms with Crippen LogP contribution in [0.5, 0.6) is 0 Å². The third kappa shape index (κ3) is 5.86. The zero-order chi connectivity index (χ0) is 13.2. The molecule has 0 fully saturated rings. The van der Waals surface area contributed by atoms with Gasteiger partial charge >= 0.3 is 0 Å². The Bertz CT molecular complexity index is 367. The number of guanidine groups is 1. The molecule has 0 aliphatic heterocycles. The number of benzene rings is 1. The molecule has 0 spiro atoms. The van der Waals surface area contributed by atoms with Gasteiger partial charge in [0.2, 0.25) is 5.96 Å². The Morgan fingerprint density at radius 1 is 1.39 bits per heavy atom. The molecular formula is C12H19ClN4O. The molecular weight excluding hydrogens is 252 g/mol. The number of nitrogens with one attached hydrogen (secondary N) is 2. The van der Waals surface area contributed by atoms with Gasteiger partial charge < -0.3 is 10.1 Å². The topological polar surface area (TPSA) is 71.7 Å². The van der Waals surface area contributed by atoms with Crippen molar-refractivity contribution >= 4 is 17.6 Å². The van der Waals surface area contributed by atoms with Crippen LogP contribution < -0.4 is 16.6 Å². The summed E-state index contributed by atoms with van der Waals surface area (Å²) in [6, 6.07) is 7.76. The molecule has 0 aliphatic rings. The molecule has 6 heteroatoms. The van der Waals surface area contributed by atoms with E-state index in [9.17, 15) is 0 Å². The number of nitrogens with zero attached hydrogens (tertiary/aromatic N) is 1. The fraction of sp³-hybridized carbons (Fsp3) is 0.417. The highest BCUT2D eigenvalue weighted by Crippen LogP contribution is 2.09. The maximum atomic E-state index is 5.82. The lowest BCUT2D eigenvalue weighted by Gasteiger charge is -2.09. The molecule has 1 aromatic carbocycles. The number of hydrogen-bond donors (Lipinski definition) is 3. The van der Waals surface area contributed by atoms with Gasteiger partial charge in [-0.1, -0.05) is 23.7 Å². The van der Waals surface area contributed by atoms with Crippen molar-refractivity contribution in [2.75, 3.05) is 26.8 Å². The van der Waals surface area contributed by atoms with Crippen LogP contribution in [0, 0.1) is 0 Å². The summed E-state index contributed by atoms with van der Waals surface area (Å²) in [5.41, 5.74) is 3.73. The number of halogens is 1. The van der Waals surface area contributed by atoms with E-state index < -0.39 is 0 Å². The summed E-state index contributed by atoms with van der Waals surface area (Å²) in [5, 5.41) is 3.86. The summed E-state index contributed by atoms with van der Waals surface area (Å²) in [4.78, 5) is 4.20. The van der Waals surface area contributed by atoms with Crippen molar-refractivity contribution in [3.63, 3.8) is 0 Å². The largest absolute Gasteiger partial charge is 0.383 e. The zero-order valence-corrected chi connectivity index (χ0v) is 11.2. The van der Waals surface area contributed by atoms with Crippen LogP contribution in [0.15, 0.2) is 29.3 Å². The fourth-order valence-corrected chi connectivity index (χ4v) is 1.50. The SMILES string of the molecule is COCCN=C(NN)NCCc1ccc(Cl)cc1. The molecule has 0 radical (unpaired) electrons. The summed E-state index contributed by atoms with van der Waals surface area (Å²) < 4.78 is 4.91. The molecule has 18 heavy (non-hydrogen) atoms. The van der Waals surface area contributed by atoms with Gasteiger partial charge in [-0.25, -0.2) is 10.8 Å². The third-order valence-corrected chi connectivity index (χ3v) is 2.57. The zero-order valence-electron chi connectivity index (χ0n) is 10.4. The summed E-state index contributed by atoms with van der Waals surface area (Å²) in [7, 11) is 1.64. The lowest BCUT2D eigenvalue weighted by Crippen LogP contribution is -2.42. The quantitative estimate of drug-likeness (QED) is 0.237. The van der Waals surface area contributed by atoms with Crippen molar-refractivity contribution in [1.29, 1.82) is 0 Å². The minimum Gasteiger partial charge on any atom is -0.383 e. The van der Waals surface area contributed by atoms with Crippen LogP contribution in [0.2, 0.25) is 5.02 Å². The first-order valence-electron chi connectivity index (χ1n) is 5.74. The average Bonchev–Trinajstić information content (AvgIpc) is 2.39. The van der Waals surface area contributed by atoms with Crippen LogP contribution in [-0.4, -0.2) is 32.8 Å². The van der Waals surface area contributed by atoms with Gasteiger partial charge in [-0.05, 0) is 24.1 Å². The van der Waals surface area contributed by atoms with Gasteiger partial charge in [-0.3, -0.25) is 5.43 Å². The van der Waals surface area contributed by atoms with E-state index >= 15 is 0 Å². The van der Waals surface area contributed by atoms with Gasteiger partial charge in [0.15, 0.2) is 0 Å². The first-order chi connectivity index (χ1) is 8.76. The smallest absolute Gasteiger partial charge is 0.205 e. The van der Waals surface area contributed by atoms with Crippen molar-refractivity contribution in [3.8, 4) is 0 Å². The van der Waals surface area contributed by atoms with Crippen LogP contribution in [0.1, 0.15) is 5.56 Å². The molecule has 4 N–H and O–H groups in total. The van der Waals surface area contributed by atoms with Crippen LogP contribution in [0.4, 0.5) is 0 Å². The minimum atomic E-state index is 0.570. The predicted molar refractivity (Wildman–Crippen MR) is 74.7 cm³/mol. The van der Waals surface area contributed by atoms with E-state index in [1.165, 1.54) is 5.56 Å². The van der Waals surface area contributed by atoms with E-state index in [1.54, 1.807) is 7.11 Å². The van der Waals surface area contributed by atoms with E-state index in [2.05, 4.69) is 15.7 Å². The number of hydrogen-bond acceptors (Lipinski definition) is 3. The molecule has 0 aliphatic carbocycles. The summed E-state index contributed by atoms with van der Waals surface area (Å²) in [6.07, 6.45) is 0.877. The van der Waals surface area contributed by atoms with E-state index in [4.69, 9.17) is 22.2 Å². The number of aliphatic imine (C=N–C) groups is 1.